The van der Waals surface area contributed by atoms with Crippen molar-refractivity contribution < 1.29 is 4.79 Å². The van der Waals surface area contributed by atoms with Gasteiger partial charge in [0, 0.05) is 62.5 Å². The Kier molecular flexibility index (Phi) is 7.25. The number of rotatable bonds is 5. The molecular formula is C20H25BrN6O. The molecule has 7 nitrogen and oxygen atoms in total. The fraction of sp³-hybridized carbons (Fsp3) is 0.350. The quantitative estimate of drug-likeness (QED) is 0.419. The van der Waals surface area contributed by atoms with Crippen LogP contribution in [0.25, 0.3) is 0 Å². The summed E-state index contributed by atoms with van der Waals surface area (Å²) in [7, 11) is 1.79. The van der Waals surface area contributed by atoms with Crippen molar-refractivity contribution in [2.45, 2.75) is 0 Å². The molecule has 0 saturated carbocycles. The van der Waals surface area contributed by atoms with Crippen molar-refractivity contribution in [3.8, 4) is 0 Å². The number of nitrogens with zero attached hydrogens (tertiary/aromatic N) is 4. The smallest absolute Gasteiger partial charge is 0.251 e. The van der Waals surface area contributed by atoms with E-state index in [2.05, 4.69) is 46.3 Å². The van der Waals surface area contributed by atoms with E-state index in [9.17, 15) is 4.79 Å². The molecule has 28 heavy (non-hydrogen) atoms. The normalized spacial score (nSPS) is 14.7. The summed E-state index contributed by atoms with van der Waals surface area (Å²) in [4.78, 5) is 25.5. The lowest BCUT2D eigenvalue weighted by Crippen LogP contribution is -2.53. The van der Waals surface area contributed by atoms with Crippen molar-refractivity contribution in [3.05, 3.63) is 58.7 Å². The Morgan fingerprint density at radius 2 is 1.89 bits per heavy atom. The highest BCUT2D eigenvalue weighted by Crippen LogP contribution is 2.13. The van der Waals surface area contributed by atoms with Crippen LogP contribution in [0.3, 0.4) is 0 Å². The van der Waals surface area contributed by atoms with Crippen LogP contribution in [0.2, 0.25) is 0 Å². The Morgan fingerprint density at radius 3 is 2.57 bits per heavy atom. The standard InChI is InChI=1S/C20H25BrN6O/c1-22-20(25-10-9-24-19(28)16-5-4-6-17(21)15-16)27-13-11-26(12-14-27)18-7-2-3-8-23-18/h2-8,15H,9-14H2,1H3,(H,22,25)(H,24,28). The highest BCUT2D eigenvalue weighted by Gasteiger charge is 2.20. The van der Waals surface area contributed by atoms with E-state index in [4.69, 9.17) is 0 Å². The Morgan fingerprint density at radius 1 is 1.11 bits per heavy atom. The largest absolute Gasteiger partial charge is 0.354 e. The van der Waals surface area contributed by atoms with Gasteiger partial charge in [-0.15, -0.1) is 0 Å². The molecule has 1 aliphatic rings. The molecule has 0 atom stereocenters. The Balaban J connectivity index is 1.41. The van der Waals surface area contributed by atoms with Crippen molar-refractivity contribution in [2.24, 2.45) is 4.99 Å². The van der Waals surface area contributed by atoms with Gasteiger partial charge in [-0.2, -0.15) is 0 Å². The van der Waals surface area contributed by atoms with E-state index in [1.54, 1.807) is 13.1 Å². The van der Waals surface area contributed by atoms with Crippen LogP contribution in [0.1, 0.15) is 10.4 Å². The molecule has 1 aliphatic heterocycles. The average molecular weight is 445 g/mol. The number of anilines is 1. The highest BCUT2D eigenvalue weighted by atomic mass is 79.9. The number of aliphatic imine (C=N–C) groups is 1. The van der Waals surface area contributed by atoms with Crippen LogP contribution in [-0.4, -0.2) is 68.1 Å². The van der Waals surface area contributed by atoms with Gasteiger partial charge in [0.2, 0.25) is 0 Å². The zero-order chi connectivity index (χ0) is 19.8. The molecule has 148 valence electrons. The number of halogens is 1. The maximum Gasteiger partial charge on any atom is 0.251 e. The second-order valence-electron chi connectivity index (χ2n) is 6.40. The van der Waals surface area contributed by atoms with E-state index in [0.717, 1.165) is 42.4 Å². The minimum Gasteiger partial charge on any atom is -0.354 e. The van der Waals surface area contributed by atoms with E-state index in [-0.39, 0.29) is 5.91 Å². The number of hydrogen-bond acceptors (Lipinski definition) is 4. The molecule has 2 aromatic rings. The van der Waals surface area contributed by atoms with Crippen LogP contribution < -0.4 is 15.5 Å². The van der Waals surface area contributed by atoms with Crippen molar-refractivity contribution in [2.75, 3.05) is 51.2 Å². The molecule has 2 N–H and O–H groups in total. The minimum absolute atomic E-state index is 0.0814. The monoisotopic (exact) mass is 444 g/mol. The summed E-state index contributed by atoms with van der Waals surface area (Å²) < 4.78 is 0.892. The van der Waals surface area contributed by atoms with E-state index in [0.29, 0.717) is 18.7 Å². The zero-order valence-corrected chi connectivity index (χ0v) is 17.5. The van der Waals surface area contributed by atoms with Gasteiger partial charge in [-0.3, -0.25) is 9.79 Å². The second kappa shape index (κ2) is 10.1. The summed E-state index contributed by atoms with van der Waals surface area (Å²) in [5.41, 5.74) is 0.643. The van der Waals surface area contributed by atoms with E-state index in [1.807, 2.05) is 42.6 Å². The van der Waals surface area contributed by atoms with Crippen molar-refractivity contribution in [1.29, 1.82) is 0 Å². The first-order valence-electron chi connectivity index (χ1n) is 9.33. The number of hydrogen-bond donors (Lipinski definition) is 2. The second-order valence-corrected chi connectivity index (χ2v) is 7.32. The van der Waals surface area contributed by atoms with Gasteiger partial charge >= 0.3 is 0 Å². The highest BCUT2D eigenvalue weighted by molar-refractivity contribution is 9.10. The zero-order valence-electron chi connectivity index (χ0n) is 15.9. The Labute approximate surface area is 174 Å². The van der Waals surface area contributed by atoms with Gasteiger partial charge in [0.25, 0.3) is 5.91 Å². The summed E-state index contributed by atoms with van der Waals surface area (Å²) in [5.74, 6) is 1.79. The van der Waals surface area contributed by atoms with Crippen LogP contribution in [0.5, 0.6) is 0 Å². The molecule has 8 heteroatoms. The van der Waals surface area contributed by atoms with Crippen molar-refractivity contribution >= 4 is 33.6 Å². The Hall–Kier alpha value is -2.61. The molecule has 1 fully saturated rings. The lowest BCUT2D eigenvalue weighted by molar-refractivity contribution is 0.0954. The third-order valence-corrected chi connectivity index (χ3v) is 5.04. The van der Waals surface area contributed by atoms with Crippen LogP contribution in [0, 0.1) is 0 Å². The maximum absolute atomic E-state index is 12.2. The summed E-state index contributed by atoms with van der Waals surface area (Å²) >= 11 is 3.38. The van der Waals surface area contributed by atoms with E-state index in [1.165, 1.54) is 0 Å². The van der Waals surface area contributed by atoms with Crippen LogP contribution in [0.4, 0.5) is 5.82 Å². The molecule has 1 amide bonds. The number of pyridine rings is 1. The number of guanidine groups is 1. The van der Waals surface area contributed by atoms with Crippen LogP contribution >= 0.6 is 15.9 Å². The first-order chi connectivity index (χ1) is 13.7. The van der Waals surface area contributed by atoms with Crippen molar-refractivity contribution in [3.63, 3.8) is 0 Å². The average Bonchev–Trinajstić information content (AvgIpc) is 2.74. The lowest BCUT2D eigenvalue weighted by atomic mass is 10.2. The van der Waals surface area contributed by atoms with Crippen LogP contribution in [-0.2, 0) is 0 Å². The molecule has 0 radical (unpaired) electrons. The summed E-state index contributed by atoms with van der Waals surface area (Å²) in [6, 6.07) is 13.3. The molecule has 3 rings (SSSR count). The van der Waals surface area contributed by atoms with Gasteiger partial charge in [-0.1, -0.05) is 28.1 Å². The van der Waals surface area contributed by atoms with Gasteiger partial charge in [0.15, 0.2) is 5.96 Å². The number of nitrogens with one attached hydrogen (secondary N) is 2. The Bertz CT molecular complexity index is 805. The summed E-state index contributed by atoms with van der Waals surface area (Å²) in [6.07, 6.45) is 1.82. The lowest BCUT2D eigenvalue weighted by Gasteiger charge is -2.37. The summed E-state index contributed by atoms with van der Waals surface area (Å²) in [6.45, 7) is 4.70. The maximum atomic E-state index is 12.2. The van der Waals surface area contributed by atoms with Gasteiger partial charge in [-0.05, 0) is 30.3 Å². The van der Waals surface area contributed by atoms with E-state index < -0.39 is 0 Å². The number of piperazine rings is 1. The molecule has 1 aromatic heterocycles. The molecule has 1 aromatic carbocycles. The predicted octanol–water partition coefficient (Wildman–Crippen LogP) is 1.97. The SMILES string of the molecule is CN=C(NCCNC(=O)c1cccc(Br)c1)N1CCN(c2ccccn2)CC1. The molecule has 2 heterocycles. The van der Waals surface area contributed by atoms with Crippen molar-refractivity contribution in [1.82, 2.24) is 20.5 Å². The topological polar surface area (TPSA) is 72.9 Å². The van der Waals surface area contributed by atoms with Gasteiger partial charge in [0.1, 0.15) is 5.82 Å². The van der Waals surface area contributed by atoms with Gasteiger partial charge in [-0.25, -0.2) is 4.98 Å². The summed E-state index contributed by atoms with van der Waals surface area (Å²) in [5, 5.41) is 6.25. The molecular weight excluding hydrogens is 420 g/mol. The molecule has 0 spiro atoms. The van der Waals surface area contributed by atoms with E-state index >= 15 is 0 Å². The first-order valence-corrected chi connectivity index (χ1v) is 10.1. The fourth-order valence-corrected chi connectivity index (χ4v) is 3.50. The first kappa shape index (κ1) is 20.1. The van der Waals surface area contributed by atoms with Gasteiger partial charge in [0.05, 0.1) is 0 Å². The molecule has 0 unspecified atom stereocenters. The fourth-order valence-electron chi connectivity index (χ4n) is 3.10. The minimum atomic E-state index is -0.0814. The van der Waals surface area contributed by atoms with Gasteiger partial charge < -0.3 is 20.4 Å². The third-order valence-electron chi connectivity index (χ3n) is 4.54. The number of benzene rings is 1. The van der Waals surface area contributed by atoms with Crippen LogP contribution in [0.15, 0.2) is 58.1 Å². The molecule has 1 saturated heterocycles. The number of amides is 1. The number of carbonyl (C=O) groups excluding carboxylic acids is 1. The molecule has 0 bridgehead atoms. The number of aromatic nitrogens is 1. The third kappa shape index (κ3) is 5.45. The predicted molar refractivity (Wildman–Crippen MR) is 116 cm³/mol. The number of carbonyl (C=O) groups is 1. The molecule has 0 aliphatic carbocycles.